The quantitative estimate of drug-likeness (QED) is 0.902. The molecule has 0 aromatic heterocycles. The molecule has 1 atom stereocenters. The molecule has 0 saturated heterocycles. The fourth-order valence-electron chi connectivity index (χ4n) is 1.29. The number of halogens is 3. The van der Waals surface area contributed by atoms with Crippen LogP contribution in [0.2, 0.25) is 0 Å². The summed E-state index contributed by atoms with van der Waals surface area (Å²) in [5, 5.41) is 8.69. The molecule has 1 aromatic rings. The third kappa shape index (κ3) is 3.38. The Morgan fingerprint density at radius 2 is 2.06 bits per heavy atom. The largest absolute Gasteiger partial charge is 0.490 e. The third-order valence-corrected chi connectivity index (χ3v) is 2.43. The minimum absolute atomic E-state index is 0.346. The van der Waals surface area contributed by atoms with Gasteiger partial charge >= 0.3 is 12.1 Å². The zero-order chi connectivity index (χ0) is 13.9. The van der Waals surface area contributed by atoms with Crippen LogP contribution in [-0.2, 0) is 6.18 Å². The number of aromatic carboxylic acids is 1. The number of rotatable bonds is 4. The van der Waals surface area contributed by atoms with Gasteiger partial charge in [0.1, 0.15) is 5.75 Å². The number of hydrogen-bond acceptors (Lipinski definition) is 2. The van der Waals surface area contributed by atoms with Crippen LogP contribution < -0.4 is 4.74 Å². The number of ether oxygens (including phenoxy) is 1. The van der Waals surface area contributed by atoms with Crippen LogP contribution in [0.25, 0.3) is 0 Å². The zero-order valence-corrected chi connectivity index (χ0v) is 9.91. The van der Waals surface area contributed by atoms with Crippen molar-refractivity contribution in [1.29, 1.82) is 0 Å². The van der Waals surface area contributed by atoms with Crippen molar-refractivity contribution in [2.24, 2.45) is 0 Å². The van der Waals surface area contributed by atoms with Crippen molar-refractivity contribution < 1.29 is 27.8 Å². The lowest BCUT2D eigenvalue weighted by atomic mass is 10.1. The van der Waals surface area contributed by atoms with Gasteiger partial charge in [0.2, 0.25) is 0 Å². The Bertz CT molecular complexity index is 441. The fraction of sp³-hybridized carbons (Fsp3) is 0.417. The molecule has 0 unspecified atom stereocenters. The van der Waals surface area contributed by atoms with Crippen molar-refractivity contribution in [3.05, 3.63) is 29.3 Å². The zero-order valence-electron chi connectivity index (χ0n) is 9.91. The molecule has 0 spiro atoms. The number of carboxylic acid groups (broad SMARTS) is 1. The normalized spacial score (nSPS) is 13.2. The molecule has 3 nitrogen and oxygen atoms in total. The Labute approximate surface area is 102 Å². The van der Waals surface area contributed by atoms with E-state index in [1.807, 2.05) is 0 Å². The van der Waals surface area contributed by atoms with Crippen molar-refractivity contribution in [2.45, 2.75) is 32.5 Å². The van der Waals surface area contributed by atoms with E-state index in [1.54, 1.807) is 13.8 Å². The maximum absolute atomic E-state index is 12.8. The van der Waals surface area contributed by atoms with Crippen molar-refractivity contribution in [1.82, 2.24) is 0 Å². The maximum Gasteiger partial charge on any atom is 0.419 e. The van der Waals surface area contributed by atoms with Crippen molar-refractivity contribution in [3.63, 3.8) is 0 Å². The van der Waals surface area contributed by atoms with Gasteiger partial charge < -0.3 is 9.84 Å². The Balaban J connectivity index is 3.21. The highest BCUT2D eigenvalue weighted by Gasteiger charge is 2.35. The molecular weight excluding hydrogens is 249 g/mol. The van der Waals surface area contributed by atoms with Gasteiger partial charge in [0.05, 0.1) is 17.2 Å². The van der Waals surface area contributed by atoms with Gasteiger partial charge in [-0.05, 0) is 31.5 Å². The van der Waals surface area contributed by atoms with Gasteiger partial charge in [0.25, 0.3) is 0 Å². The fourth-order valence-corrected chi connectivity index (χ4v) is 1.29. The predicted octanol–water partition coefficient (Wildman–Crippen LogP) is 3.58. The number of hydrogen-bond donors (Lipinski definition) is 1. The highest BCUT2D eigenvalue weighted by atomic mass is 19.4. The highest BCUT2D eigenvalue weighted by Crippen LogP contribution is 2.37. The summed E-state index contributed by atoms with van der Waals surface area (Å²) in [5.74, 6) is -1.75. The average Bonchev–Trinajstić information content (AvgIpc) is 2.27. The van der Waals surface area contributed by atoms with Gasteiger partial charge in [-0.25, -0.2) is 4.79 Å². The number of benzene rings is 1. The first-order chi connectivity index (χ1) is 8.25. The van der Waals surface area contributed by atoms with Gasteiger partial charge in [-0.2, -0.15) is 13.2 Å². The van der Waals surface area contributed by atoms with Crippen LogP contribution in [0.1, 0.15) is 36.2 Å². The van der Waals surface area contributed by atoms with Crippen molar-refractivity contribution in [3.8, 4) is 5.75 Å². The smallest absolute Gasteiger partial charge is 0.419 e. The van der Waals surface area contributed by atoms with E-state index in [9.17, 15) is 18.0 Å². The lowest BCUT2D eigenvalue weighted by Gasteiger charge is -2.18. The van der Waals surface area contributed by atoms with Crippen LogP contribution in [0.5, 0.6) is 5.75 Å². The van der Waals surface area contributed by atoms with E-state index in [0.717, 1.165) is 12.1 Å². The van der Waals surface area contributed by atoms with Gasteiger partial charge in [-0.3, -0.25) is 0 Å². The summed E-state index contributed by atoms with van der Waals surface area (Å²) < 4.78 is 43.5. The third-order valence-electron chi connectivity index (χ3n) is 2.43. The molecule has 0 aliphatic rings. The monoisotopic (exact) mass is 262 g/mol. The number of carboxylic acids is 1. The second-order valence-corrected chi connectivity index (χ2v) is 3.85. The van der Waals surface area contributed by atoms with Crippen LogP contribution in [0, 0.1) is 0 Å². The standard InChI is InChI=1S/C12H13F3O3/c1-3-7(2)18-10-5-4-8(11(16)17)6-9(10)12(13,14)15/h4-7H,3H2,1-2H3,(H,16,17)/t7-/m0/s1. The van der Waals surface area contributed by atoms with Crippen LogP contribution in [-0.4, -0.2) is 17.2 Å². The first-order valence-corrected chi connectivity index (χ1v) is 5.37. The van der Waals surface area contributed by atoms with E-state index in [-0.39, 0.29) is 11.9 Å². The second kappa shape index (κ2) is 5.29. The Morgan fingerprint density at radius 3 is 2.50 bits per heavy atom. The Kier molecular flexibility index (Phi) is 4.21. The molecule has 0 radical (unpaired) electrons. The average molecular weight is 262 g/mol. The van der Waals surface area contributed by atoms with Gasteiger partial charge in [-0.15, -0.1) is 0 Å². The lowest BCUT2D eigenvalue weighted by molar-refractivity contribution is -0.139. The minimum Gasteiger partial charge on any atom is -0.490 e. The minimum atomic E-state index is -4.64. The highest BCUT2D eigenvalue weighted by molar-refractivity contribution is 5.88. The summed E-state index contributed by atoms with van der Waals surface area (Å²) in [4.78, 5) is 10.7. The van der Waals surface area contributed by atoms with Gasteiger partial charge in [-0.1, -0.05) is 6.92 Å². The summed E-state index contributed by atoms with van der Waals surface area (Å²) in [5.41, 5.74) is -1.48. The van der Waals surface area contributed by atoms with Gasteiger partial charge in [0.15, 0.2) is 0 Å². The molecule has 6 heteroatoms. The molecule has 0 aliphatic carbocycles. The molecule has 0 saturated carbocycles. The molecular formula is C12H13F3O3. The summed E-state index contributed by atoms with van der Waals surface area (Å²) in [6.07, 6.45) is -4.46. The van der Waals surface area contributed by atoms with E-state index < -0.39 is 23.3 Å². The maximum atomic E-state index is 12.8. The Hall–Kier alpha value is -1.72. The van der Waals surface area contributed by atoms with E-state index >= 15 is 0 Å². The van der Waals surface area contributed by atoms with Crippen LogP contribution in [0.4, 0.5) is 13.2 Å². The van der Waals surface area contributed by atoms with Crippen LogP contribution in [0.3, 0.4) is 0 Å². The first-order valence-electron chi connectivity index (χ1n) is 5.37. The van der Waals surface area contributed by atoms with Gasteiger partial charge in [0, 0.05) is 0 Å². The molecule has 0 amide bonds. The summed E-state index contributed by atoms with van der Waals surface area (Å²) >= 11 is 0. The predicted molar refractivity (Wildman–Crippen MR) is 58.8 cm³/mol. The van der Waals surface area contributed by atoms with Crippen LogP contribution >= 0.6 is 0 Å². The summed E-state index contributed by atoms with van der Waals surface area (Å²) in [7, 11) is 0. The van der Waals surface area contributed by atoms with E-state index in [2.05, 4.69) is 0 Å². The molecule has 1 rings (SSSR count). The van der Waals surface area contributed by atoms with E-state index in [4.69, 9.17) is 9.84 Å². The van der Waals surface area contributed by atoms with Crippen molar-refractivity contribution in [2.75, 3.05) is 0 Å². The SMILES string of the molecule is CC[C@H](C)Oc1ccc(C(=O)O)cc1C(F)(F)F. The number of alkyl halides is 3. The molecule has 1 aromatic carbocycles. The molecule has 0 heterocycles. The molecule has 100 valence electrons. The molecule has 0 fully saturated rings. The second-order valence-electron chi connectivity index (χ2n) is 3.85. The topological polar surface area (TPSA) is 46.5 Å². The molecule has 18 heavy (non-hydrogen) atoms. The van der Waals surface area contributed by atoms with E-state index in [1.165, 1.54) is 0 Å². The lowest BCUT2D eigenvalue weighted by Crippen LogP contribution is -2.15. The van der Waals surface area contributed by atoms with Crippen molar-refractivity contribution >= 4 is 5.97 Å². The Morgan fingerprint density at radius 1 is 1.44 bits per heavy atom. The summed E-state index contributed by atoms with van der Waals surface area (Å²) in [6.45, 7) is 3.43. The molecule has 1 N–H and O–H groups in total. The summed E-state index contributed by atoms with van der Waals surface area (Å²) in [6, 6.07) is 2.72. The molecule has 0 bridgehead atoms. The molecule has 0 aliphatic heterocycles. The van der Waals surface area contributed by atoms with Crippen LogP contribution in [0.15, 0.2) is 18.2 Å². The first kappa shape index (κ1) is 14.3. The van der Waals surface area contributed by atoms with E-state index in [0.29, 0.717) is 12.5 Å². The number of carbonyl (C=O) groups is 1.